The van der Waals surface area contributed by atoms with E-state index in [4.69, 9.17) is 0 Å². The summed E-state index contributed by atoms with van der Waals surface area (Å²) in [5.41, 5.74) is 0. The van der Waals surface area contributed by atoms with Crippen LogP contribution < -0.4 is 10.6 Å². The molecule has 0 radical (unpaired) electrons. The fraction of sp³-hybridized carbons (Fsp3) is 0.900. The first-order chi connectivity index (χ1) is 7.20. The predicted octanol–water partition coefficient (Wildman–Crippen LogP) is 0.261. The average Bonchev–Trinajstić information content (AvgIpc) is 2.24. The number of unbranched alkanes of at least 4 members (excludes halogenated alkanes) is 1. The van der Waals surface area contributed by atoms with Gasteiger partial charge in [-0.25, -0.2) is 0 Å². The number of hydrogen-bond acceptors (Lipinski definition) is 3. The Labute approximate surface area is 94.7 Å². The van der Waals surface area contributed by atoms with Crippen LogP contribution in [0.15, 0.2) is 0 Å². The molecule has 0 fully saturated rings. The third kappa shape index (κ3) is 9.87. The molecule has 5 heteroatoms. The lowest BCUT2D eigenvalue weighted by Gasteiger charge is -2.04. The highest BCUT2D eigenvalue weighted by molar-refractivity contribution is 7.85. The minimum absolute atomic E-state index is 0.0151. The lowest BCUT2D eigenvalue weighted by atomic mass is 10.3. The second-order valence-corrected chi connectivity index (χ2v) is 5.10. The van der Waals surface area contributed by atoms with E-state index < -0.39 is 10.8 Å². The van der Waals surface area contributed by atoms with Crippen molar-refractivity contribution < 1.29 is 9.00 Å². The summed E-state index contributed by atoms with van der Waals surface area (Å²) in [5, 5.41) is 5.74. The smallest absolute Gasteiger partial charge is 0.220 e. The molecule has 0 saturated carbocycles. The van der Waals surface area contributed by atoms with Gasteiger partial charge in [-0.15, -0.1) is 0 Å². The standard InChI is InChI=1S/C10H22N2O2S/c1-3-4-6-12-10(13)5-8-15(14)9-7-11-2/h11H,3-9H2,1-2H3,(H,12,13). The Kier molecular flexibility index (Phi) is 9.83. The van der Waals surface area contributed by atoms with Gasteiger partial charge in [0.25, 0.3) is 0 Å². The van der Waals surface area contributed by atoms with E-state index in [1.165, 1.54) is 0 Å². The second-order valence-electron chi connectivity index (χ2n) is 3.41. The Morgan fingerprint density at radius 2 is 2.00 bits per heavy atom. The zero-order chi connectivity index (χ0) is 11.5. The normalized spacial score (nSPS) is 12.4. The van der Waals surface area contributed by atoms with E-state index in [1.807, 2.05) is 7.05 Å². The van der Waals surface area contributed by atoms with E-state index in [0.29, 0.717) is 17.9 Å². The number of carbonyl (C=O) groups is 1. The summed E-state index contributed by atoms with van der Waals surface area (Å²) < 4.78 is 11.3. The Bertz CT molecular complexity index is 198. The topological polar surface area (TPSA) is 58.2 Å². The Balaban J connectivity index is 3.40. The minimum atomic E-state index is -0.871. The third-order valence-corrected chi connectivity index (χ3v) is 3.31. The van der Waals surface area contributed by atoms with Gasteiger partial charge in [0.15, 0.2) is 0 Å². The monoisotopic (exact) mass is 234 g/mol. The molecular formula is C10H22N2O2S. The summed E-state index contributed by atoms with van der Waals surface area (Å²) in [6.07, 6.45) is 2.46. The van der Waals surface area contributed by atoms with E-state index in [-0.39, 0.29) is 5.91 Å². The van der Waals surface area contributed by atoms with Crippen molar-refractivity contribution in [2.45, 2.75) is 26.2 Å². The molecule has 1 unspecified atom stereocenters. The molecule has 0 aromatic carbocycles. The number of rotatable bonds is 9. The Morgan fingerprint density at radius 1 is 1.27 bits per heavy atom. The molecule has 0 aliphatic rings. The van der Waals surface area contributed by atoms with E-state index in [0.717, 1.165) is 25.9 Å². The second kappa shape index (κ2) is 10.1. The van der Waals surface area contributed by atoms with Crippen molar-refractivity contribution >= 4 is 16.7 Å². The van der Waals surface area contributed by atoms with Crippen LogP contribution in [-0.2, 0) is 15.6 Å². The van der Waals surface area contributed by atoms with Crippen LogP contribution in [-0.4, -0.2) is 41.8 Å². The lowest BCUT2D eigenvalue weighted by Crippen LogP contribution is -2.26. The summed E-state index contributed by atoms with van der Waals surface area (Å²) in [4.78, 5) is 11.2. The van der Waals surface area contributed by atoms with Gasteiger partial charge in [-0.05, 0) is 13.5 Å². The molecule has 0 bridgehead atoms. The van der Waals surface area contributed by atoms with Gasteiger partial charge in [0.2, 0.25) is 5.91 Å². The van der Waals surface area contributed by atoms with Crippen molar-refractivity contribution in [1.29, 1.82) is 0 Å². The van der Waals surface area contributed by atoms with Gasteiger partial charge in [-0.1, -0.05) is 13.3 Å². The number of amides is 1. The van der Waals surface area contributed by atoms with Crippen molar-refractivity contribution in [3.8, 4) is 0 Å². The zero-order valence-electron chi connectivity index (χ0n) is 9.67. The highest BCUT2D eigenvalue weighted by Gasteiger charge is 2.04. The number of nitrogens with one attached hydrogen (secondary N) is 2. The quantitative estimate of drug-likeness (QED) is 0.563. The van der Waals surface area contributed by atoms with Crippen LogP contribution in [0, 0.1) is 0 Å². The first kappa shape index (κ1) is 14.6. The molecule has 0 saturated heterocycles. The molecule has 0 spiro atoms. The van der Waals surface area contributed by atoms with E-state index >= 15 is 0 Å². The largest absolute Gasteiger partial charge is 0.356 e. The van der Waals surface area contributed by atoms with E-state index in [2.05, 4.69) is 17.6 Å². The van der Waals surface area contributed by atoms with Crippen LogP contribution in [0.4, 0.5) is 0 Å². The molecule has 1 amide bonds. The van der Waals surface area contributed by atoms with Crippen LogP contribution in [0.25, 0.3) is 0 Å². The molecule has 90 valence electrons. The predicted molar refractivity (Wildman–Crippen MR) is 64.3 cm³/mol. The van der Waals surface area contributed by atoms with Gasteiger partial charge in [-0.2, -0.15) is 0 Å². The van der Waals surface area contributed by atoms with Crippen molar-refractivity contribution in [1.82, 2.24) is 10.6 Å². The molecule has 15 heavy (non-hydrogen) atoms. The molecule has 0 aromatic rings. The van der Waals surface area contributed by atoms with Crippen molar-refractivity contribution in [3.63, 3.8) is 0 Å². The van der Waals surface area contributed by atoms with Crippen molar-refractivity contribution in [3.05, 3.63) is 0 Å². The van der Waals surface area contributed by atoms with Crippen LogP contribution in [0.3, 0.4) is 0 Å². The summed E-state index contributed by atoms with van der Waals surface area (Å²) in [7, 11) is 0.957. The maximum Gasteiger partial charge on any atom is 0.220 e. The molecule has 0 aliphatic heterocycles. The van der Waals surface area contributed by atoms with E-state index in [1.54, 1.807) is 0 Å². The van der Waals surface area contributed by atoms with Gasteiger partial charge in [-0.3, -0.25) is 9.00 Å². The van der Waals surface area contributed by atoms with Gasteiger partial charge in [0, 0.05) is 41.8 Å². The fourth-order valence-corrected chi connectivity index (χ4v) is 2.07. The lowest BCUT2D eigenvalue weighted by molar-refractivity contribution is -0.120. The van der Waals surface area contributed by atoms with Crippen LogP contribution in [0.5, 0.6) is 0 Å². The molecule has 0 heterocycles. The van der Waals surface area contributed by atoms with Gasteiger partial charge < -0.3 is 10.6 Å². The first-order valence-corrected chi connectivity index (χ1v) is 6.95. The highest BCUT2D eigenvalue weighted by atomic mass is 32.2. The maximum atomic E-state index is 11.3. The van der Waals surface area contributed by atoms with Crippen molar-refractivity contribution in [2.75, 3.05) is 31.6 Å². The van der Waals surface area contributed by atoms with Crippen LogP contribution >= 0.6 is 0 Å². The van der Waals surface area contributed by atoms with Crippen LogP contribution in [0.1, 0.15) is 26.2 Å². The third-order valence-electron chi connectivity index (χ3n) is 1.99. The molecule has 0 rings (SSSR count). The summed E-state index contributed by atoms with van der Waals surface area (Å²) >= 11 is 0. The minimum Gasteiger partial charge on any atom is -0.356 e. The number of hydrogen-bond donors (Lipinski definition) is 2. The van der Waals surface area contributed by atoms with E-state index in [9.17, 15) is 9.00 Å². The Morgan fingerprint density at radius 3 is 2.60 bits per heavy atom. The van der Waals surface area contributed by atoms with Gasteiger partial charge in [0.05, 0.1) is 0 Å². The summed E-state index contributed by atoms with van der Waals surface area (Å²) in [6, 6.07) is 0. The maximum absolute atomic E-state index is 11.3. The van der Waals surface area contributed by atoms with Crippen molar-refractivity contribution in [2.24, 2.45) is 0 Å². The average molecular weight is 234 g/mol. The highest BCUT2D eigenvalue weighted by Crippen LogP contribution is 1.89. The molecular weight excluding hydrogens is 212 g/mol. The van der Waals surface area contributed by atoms with Crippen LogP contribution in [0.2, 0.25) is 0 Å². The number of carbonyl (C=O) groups excluding carboxylic acids is 1. The van der Waals surface area contributed by atoms with Gasteiger partial charge in [0.1, 0.15) is 0 Å². The fourth-order valence-electron chi connectivity index (χ4n) is 1.02. The Hall–Kier alpha value is -0.420. The molecule has 0 aliphatic carbocycles. The first-order valence-electron chi connectivity index (χ1n) is 5.47. The molecule has 0 aromatic heterocycles. The molecule has 4 nitrogen and oxygen atoms in total. The van der Waals surface area contributed by atoms with Gasteiger partial charge >= 0.3 is 0 Å². The zero-order valence-corrected chi connectivity index (χ0v) is 10.5. The summed E-state index contributed by atoms with van der Waals surface area (Å²) in [6.45, 7) is 3.56. The molecule has 2 N–H and O–H groups in total. The SMILES string of the molecule is CCCCNC(=O)CCS(=O)CCNC. The summed E-state index contributed by atoms with van der Waals surface area (Å²) in [5.74, 6) is 1.11. The molecule has 1 atom stereocenters.